The maximum atomic E-state index is 3.93. The van der Waals surface area contributed by atoms with E-state index in [2.05, 4.69) is 61.4 Å². The minimum atomic E-state index is 0.157. The molecular formula is C11H15IS. The maximum Gasteiger partial charge on any atom is 0.0685 e. The molecular weight excluding hydrogens is 291 g/mol. The predicted octanol–water partition coefficient (Wildman–Crippen LogP) is 4.51. The van der Waals surface area contributed by atoms with Crippen molar-refractivity contribution in [2.45, 2.75) is 32.6 Å². The average Bonchev–Trinajstić information content (AvgIpc) is 2.47. The van der Waals surface area contributed by atoms with Crippen LogP contribution >= 0.6 is 33.9 Å². The van der Waals surface area contributed by atoms with Crippen LogP contribution in [0.15, 0.2) is 18.0 Å². The molecule has 0 spiro atoms. The molecule has 0 amide bonds. The van der Waals surface area contributed by atoms with E-state index in [9.17, 15) is 0 Å². The second kappa shape index (κ2) is 4.13. The van der Waals surface area contributed by atoms with Crippen LogP contribution in [0.25, 0.3) is 0 Å². The summed E-state index contributed by atoms with van der Waals surface area (Å²) in [5.74, 6) is 0. The van der Waals surface area contributed by atoms with Gasteiger partial charge in [-0.2, -0.15) is 0 Å². The summed E-state index contributed by atoms with van der Waals surface area (Å²) in [6.45, 7) is 10.6. The quantitative estimate of drug-likeness (QED) is 0.569. The topological polar surface area (TPSA) is 0 Å². The van der Waals surface area contributed by atoms with Crippen molar-refractivity contribution in [3.05, 3.63) is 32.0 Å². The normalized spacial score (nSPS) is 15.4. The van der Waals surface area contributed by atoms with E-state index in [0.717, 1.165) is 6.42 Å². The molecule has 1 aromatic rings. The Labute approximate surface area is 98.2 Å². The fourth-order valence-corrected chi connectivity index (χ4v) is 3.03. The Morgan fingerprint density at radius 1 is 1.69 bits per heavy atom. The number of allylic oxidation sites excluding steroid dienone is 1. The standard InChI is InChI=1S/C11H15IS/c1-5-11(4,6-2)9-7-13-10(12)8(9)3/h5,7H,1,6H2,2-4H3. The van der Waals surface area contributed by atoms with Crippen molar-refractivity contribution >= 4 is 33.9 Å². The fourth-order valence-electron chi connectivity index (χ4n) is 1.40. The predicted molar refractivity (Wildman–Crippen MR) is 69.6 cm³/mol. The molecule has 1 aromatic heterocycles. The molecule has 0 aliphatic rings. The molecule has 1 heterocycles. The van der Waals surface area contributed by atoms with Gasteiger partial charge < -0.3 is 0 Å². The van der Waals surface area contributed by atoms with Crippen molar-refractivity contribution in [3.8, 4) is 0 Å². The monoisotopic (exact) mass is 306 g/mol. The van der Waals surface area contributed by atoms with E-state index in [1.807, 2.05) is 11.3 Å². The zero-order chi connectivity index (χ0) is 10.1. The smallest absolute Gasteiger partial charge is 0.0685 e. The minimum absolute atomic E-state index is 0.157. The van der Waals surface area contributed by atoms with Crippen LogP contribution in [0.4, 0.5) is 0 Å². The first-order valence-electron chi connectivity index (χ1n) is 4.43. The van der Waals surface area contributed by atoms with Crippen LogP contribution in [-0.2, 0) is 5.41 Å². The summed E-state index contributed by atoms with van der Waals surface area (Å²) in [5.41, 5.74) is 3.03. The number of thiophene rings is 1. The molecule has 0 fully saturated rings. The Bertz CT molecular complexity index is 314. The lowest BCUT2D eigenvalue weighted by Gasteiger charge is -2.24. The third-order valence-electron chi connectivity index (χ3n) is 2.78. The van der Waals surface area contributed by atoms with Crippen LogP contribution in [0.1, 0.15) is 31.4 Å². The van der Waals surface area contributed by atoms with Crippen molar-refractivity contribution in [1.82, 2.24) is 0 Å². The summed E-state index contributed by atoms with van der Waals surface area (Å²) in [6.07, 6.45) is 3.18. The molecule has 2 heteroatoms. The number of halogens is 1. The van der Waals surface area contributed by atoms with Crippen LogP contribution in [0.3, 0.4) is 0 Å². The van der Waals surface area contributed by atoms with Crippen LogP contribution in [0.2, 0.25) is 0 Å². The lowest BCUT2D eigenvalue weighted by Crippen LogP contribution is -2.17. The molecule has 0 bridgehead atoms. The summed E-state index contributed by atoms with van der Waals surface area (Å²) >= 11 is 4.23. The lowest BCUT2D eigenvalue weighted by atomic mass is 9.80. The Morgan fingerprint density at radius 3 is 2.62 bits per heavy atom. The molecule has 72 valence electrons. The van der Waals surface area contributed by atoms with Gasteiger partial charge in [-0.15, -0.1) is 17.9 Å². The minimum Gasteiger partial charge on any atom is -0.137 e. The lowest BCUT2D eigenvalue weighted by molar-refractivity contribution is 0.572. The van der Waals surface area contributed by atoms with Gasteiger partial charge in [0.25, 0.3) is 0 Å². The Balaban J connectivity index is 3.19. The number of rotatable bonds is 3. The summed E-state index contributed by atoms with van der Waals surface area (Å²) < 4.78 is 1.40. The Hall–Kier alpha value is 0.170. The molecule has 1 atom stereocenters. The summed E-state index contributed by atoms with van der Waals surface area (Å²) in [7, 11) is 0. The van der Waals surface area contributed by atoms with Gasteiger partial charge in [-0.3, -0.25) is 0 Å². The highest BCUT2D eigenvalue weighted by molar-refractivity contribution is 14.1. The van der Waals surface area contributed by atoms with Gasteiger partial charge >= 0.3 is 0 Å². The number of hydrogen-bond donors (Lipinski definition) is 0. The van der Waals surface area contributed by atoms with Gasteiger partial charge in [0.2, 0.25) is 0 Å². The van der Waals surface area contributed by atoms with Crippen molar-refractivity contribution in [3.63, 3.8) is 0 Å². The van der Waals surface area contributed by atoms with Gasteiger partial charge in [-0.1, -0.05) is 19.9 Å². The SMILES string of the molecule is C=CC(C)(CC)c1csc(I)c1C. The molecule has 0 radical (unpaired) electrons. The van der Waals surface area contributed by atoms with E-state index in [0.29, 0.717) is 0 Å². The van der Waals surface area contributed by atoms with E-state index in [1.54, 1.807) is 0 Å². The summed E-state index contributed by atoms with van der Waals surface area (Å²) in [6, 6.07) is 0. The van der Waals surface area contributed by atoms with Crippen LogP contribution in [0.5, 0.6) is 0 Å². The first kappa shape index (κ1) is 11.2. The largest absolute Gasteiger partial charge is 0.137 e. The third-order valence-corrected chi connectivity index (χ3v) is 5.22. The Morgan fingerprint density at radius 2 is 2.31 bits per heavy atom. The van der Waals surface area contributed by atoms with Crippen LogP contribution in [0, 0.1) is 9.81 Å². The van der Waals surface area contributed by atoms with Gasteiger partial charge in [0.15, 0.2) is 0 Å². The van der Waals surface area contributed by atoms with E-state index < -0.39 is 0 Å². The van der Waals surface area contributed by atoms with Crippen LogP contribution < -0.4 is 0 Å². The molecule has 1 rings (SSSR count). The van der Waals surface area contributed by atoms with Gasteiger partial charge in [-0.25, -0.2) is 0 Å². The second-order valence-corrected chi connectivity index (χ2v) is 6.21. The molecule has 0 aliphatic carbocycles. The fraction of sp³-hybridized carbons (Fsp3) is 0.455. The zero-order valence-corrected chi connectivity index (χ0v) is 11.3. The number of hydrogen-bond acceptors (Lipinski definition) is 1. The van der Waals surface area contributed by atoms with Gasteiger partial charge in [-0.05, 0) is 52.4 Å². The van der Waals surface area contributed by atoms with E-state index in [-0.39, 0.29) is 5.41 Å². The Kier molecular flexibility index (Phi) is 3.57. The third kappa shape index (κ3) is 1.99. The van der Waals surface area contributed by atoms with Crippen molar-refractivity contribution < 1.29 is 0 Å². The highest BCUT2D eigenvalue weighted by Gasteiger charge is 2.24. The van der Waals surface area contributed by atoms with Crippen LogP contribution in [-0.4, -0.2) is 0 Å². The first-order valence-corrected chi connectivity index (χ1v) is 6.38. The zero-order valence-electron chi connectivity index (χ0n) is 8.36. The second-order valence-electron chi connectivity index (χ2n) is 3.52. The van der Waals surface area contributed by atoms with Gasteiger partial charge in [0.1, 0.15) is 0 Å². The van der Waals surface area contributed by atoms with Crippen molar-refractivity contribution in [2.75, 3.05) is 0 Å². The molecule has 0 nitrogen and oxygen atoms in total. The van der Waals surface area contributed by atoms with E-state index in [4.69, 9.17) is 0 Å². The maximum absolute atomic E-state index is 3.93. The molecule has 0 aromatic carbocycles. The molecule has 0 N–H and O–H groups in total. The summed E-state index contributed by atoms with van der Waals surface area (Å²) in [4.78, 5) is 0. The van der Waals surface area contributed by atoms with Gasteiger partial charge in [0.05, 0.1) is 2.88 Å². The van der Waals surface area contributed by atoms with E-state index >= 15 is 0 Å². The average molecular weight is 306 g/mol. The summed E-state index contributed by atoms with van der Waals surface area (Å²) in [5, 5.41) is 2.27. The molecule has 13 heavy (non-hydrogen) atoms. The van der Waals surface area contributed by atoms with Crippen molar-refractivity contribution in [1.29, 1.82) is 0 Å². The van der Waals surface area contributed by atoms with E-state index in [1.165, 1.54) is 14.0 Å². The highest BCUT2D eigenvalue weighted by Crippen LogP contribution is 2.36. The molecule has 0 saturated carbocycles. The first-order chi connectivity index (χ1) is 6.05. The molecule has 0 saturated heterocycles. The molecule has 1 unspecified atom stereocenters. The highest BCUT2D eigenvalue weighted by atomic mass is 127. The van der Waals surface area contributed by atoms with Gasteiger partial charge in [0, 0.05) is 5.41 Å². The molecule has 0 aliphatic heterocycles. The van der Waals surface area contributed by atoms with Crippen molar-refractivity contribution in [2.24, 2.45) is 0 Å².